The summed E-state index contributed by atoms with van der Waals surface area (Å²) in [5, 5.41) is 16.5. The Labute approximate surface area is 162 Å². The van der Waals surface area contributed by atoms with E-state index < -0.39 is 0 Å². The molecule has 6 heteroatoms. The number of nitrogen functional groups attached to an aromatic ring is 1. The third kappa shape index (κ3) is 2.93. The lowest BCUT2D eigenvalue weighted by Crippen LogP contribution is -2.40. The molecule has 1 spiro atoms. The highest BCUT2D eigenvalue weighted by Gasteiger charge is 2.45. The fraction of sp³-hybridized carbons (Fsp3) is 0.364. The van der Waals surface area contributed by atoms with Crippen molar-refractivity contribution >= 4 is 22.5 Å². The van der Waals surface area contributed by atoms with Gasteiger partial charge in [-0.05, 0) is 37.2 Å². The van der Waals surface area contributed by atoms with Crippen LogP contribution in [-0.2, 0) is 4.79 Å². The molecule has 28 heavy (non-hydrogen) atoms. The average Bonchev–Trinajstić information content (AvgIpc) is 3.16. The molecule has 2 heterocycles. The molecule has 0 saturated heterocycles. The summed E-state index contributed by atoms with van der Waals surface area (Å²) in [4.78, 5) is 11.4. The fourth-order valence-corrected chi connectivity index (χ4v) is 4.51. The number of nitrogens with two attached hydrogens (primary N) is 1. The van der Waals surface area contributed by atoms with E-state index >= 15 is 0 Å². The molecule has 2 aliphatic carbocycles. The van der Waals surface area contributed by atoms with Crippen molar-refractivity contribution in [3.05, 3.63) is 36.0 Å². The van der Waals surface area contributed by atoms with Crippen molar-refractivity contribution in [2.45, 2.75) is 38.5 Å². The van der Waals surface area contributed by atoms with Crippen LogP contribution in [0.1, 0.15) is 44.1 Å². The molecule has 0 amide bonds. The van der Waals surface area contributed by atoms with E-state index in [-0.39, 0.29) is 0 Å². The van der Waals surface area contributed by atoms with E-state index in [9.17, 15) is 4.79 Å². The van der Waals surface area contributed by atoms with E-state index in [0.717, 1.165) is 60.7 Å². The molecule has 2 aromatic heterocycles. The lowest BCUT2D eigenvalue weighted by molar-refractivity contribution is -0.134. The minimum Gasteiger partial charge on any atom is -0.381 e. The Hall–Kier alpha value is -3.20. The van der Waals surface area contributed by atoms with Crippen LogP contribution in [0.15, 0.2) is 30.5 Å². The van der Waals surface area contributed by atoms with Gasteiger partial charge in [0.05, 0.1) is 23.0 Å². The number of nitrogens with one attached hydrogen (secondary N) is 1. The van der Waals surface area contributed by atoms with Crippen LogP contribution in [0.5, 0.6) is 0 Å². The number of fused-ring (bicyclic) bond motifs is 1. The molecule has 0 aliphatic heterocycles. The fourth-order valence-electron chi connectivity index (χ4n) is 4.51. The van der Waals surface area contributed by atoms with Gasteiger partial charge in [0.1, 0.15) is 5.78 Å². The maximum absolute atomic E-state index is 11.4. The van der Waals surface area contributed by atoms with E-state index in [4.69, 9.17) is 5.73 Å². The SMILES string of the molecule is Nc1nnc(-c2cccc3cn[nH]c23)cc1C#CC1CCC2(CC1)CC(=O)C2. The zero-order chi connectivity index (χ0) is 19.1. The summed E-state index contributed by atoms with van der Waals surface area (Å²) in [7, 11) is 0. The zero-order valence-electron chi connectivity index (χ0n) is 15.5. The number of Topliss-reactive ketones (excluding diaryl/α,β-unsaturated/α-hetero) is 1. The summed E-state index contributed by atoms with van der Waals surface area (Å²) < 4.78 is 0. The number of H-pyrrole nitrogens is 1. The van der Waals surface area contributed by atoms with E-state index in [1.54, 1.807) is 6.20 Å². The van der Waals surface area contributed by atoms with Crippen LogP contribution in [0.2, 0.25) is 0 Å². The van der Waals surface area contributed by atoms with Crippen molar-refractivity contribution < 1.29 is 4.79 Å². The van der Waals surface area contributed by atoms with Crippen molar-refractivity contribution in [2.75, 3.05) is 5.73 Å². The van der Waals surface area contributed by atoms with Crippen molar-refractivity contribution in [2.24, 2.45) is 11.3 Å². The van der Waals surface area contributed by atoms with Gasteiger partial charge in [-0.15, -0.1) is 10.2 Å². The molecule has 0 radical (unpaired) electrons. The number of anilines is 1. The lowest BCUT2D eigenvalue weighted by Gasteiger charge is -2.44. The van der Waals surface area contributed by atoms with E-state index in [2.05, 4.69) is 32.2 Å². The first kappa shape index (κ1) is 16.9. The van der Waals surface area contributed by atoms with Gasteiger partial charge in [0.15, 0.2) is 5.82 Å². The van der Waals surface area contributed by atoms with Crippen LogP contribution < -0.4 is 5.73 Å². The molecule has 0 atom stereocenters. The second-order valence-electron chi connectivity index (χ2n) is 8.10. The van der Waals surface area contributed by atoms with Gasteiger partial charge in [-0.3, -0.25) is 9.89 Å². The minimum absolute atomic E-state index is 0.294. The first-order chi connectivity index (χ1) is 13.6. The number of aromatic amines is 1. The monoisotopic (exact) mass is 371 g/mol. The molecule has 3 aromatic rings. The number of carbonyl (C=O) groups is 1. The van der Waals surface area contributed by atoms with Gasteiger partial charge in [0.25, 0.3) is 0 Å². The predicted molar refractivity (Wildman–Crippen MR) is 107 cm³/mol. The van der Waals surface area contributed by atoms with Gasteiger partial charge >= 0.3 is 0 Å². The highest BCUT2D eigenvalue weighted by Crippen LogP contribution is 2.50. The van der Waals surface area contributed by atoms with E-state index in [0.29, 0.717) is 28.5 Å². The van der Waals surface area contributed by atoms with Gasteiger partial charge in [0.2, 0.25) is 0 Å². The van der Waals surface area contributed by atoms with Crippen LogP contribution in [0.3, 0.4) is 0 Å². The molecule has 0 unspecified atom stereocenters. The molecular weight excluding hydrogens is 350 g/mol. The van der Waals surface area contributed by atoms with Crippen LogP contribution in [0.25, 0.3) is 22.2 Å². The highest BCUT2D eigenvalue weighted by atomic mass is 16.1. The smallest absolute Gasteiger partial charge is 0.161 e. The predicted octanol–water partition coefficient (Wildman–Crippen LogP) is 3.49. The molecule has 140 valence electrons. The van der Waals surface area contributed by atoms with Crippen LogP contribution >= 0.6 is 0 Å². The molecule has 2 saturated carbocycles. The minimum atomic E-state index is 0.294. The van der Waals surface area contributed by atoms with E-state index in [1.807, 2.05) is 24.3 Å². The largest absolute Gasteiger partial charge is 0.381 e. The van der Waals surface area contributed by atoms with Crippen LogP contribution in [-0.4, -0.2) is 26.2 Å². The number of ketones is 1. The quantitative estimate of drug-likeness (QED) is 0.638. The number of hydrogen-bond acceptors (Lipinski definition) is 5. The summed E-state index contributed by atoms with van der Waals surface area (Å²) in [6.07, 6.45) is 7.66. The number of para-hydroxylation sites is 1. The molecule has 0 bridgehead atoms. The Bertz CT molecular complexity index is 1120. The summed E-state index contributed by atoms with van der Waals surface area (Å²) in [5.74, 6) is 7.74. The average molecular weight is 371 g/mol. The topological polar surface area (TPSA) is 97.5 Å². The van der Waals surface area contributed by atoms with Crippen molar-refractivity contribution in [3.63, 3.8) is 0 Å². The number of aromatic nitrogens is 4. The molecule has 5 rings (SSSR count). The van der Waals surface area contributed by atoms with Crippen LogP contribution in [0, 0.1) is 23.2 Å². The second-order valence-corrected chi connectivity index (χ2v) is 8.10. The first-order valence-corrected chi connectivity index (χ1v) is 9.71. The maximum Gasteiger partial charge on any atom is 0.161 e. The number of hydrogen-bond donors (Lipinski definition) is 2. The first-order valence-electron chi connectivity index (χ1n) is 9.71. The highest BCUT2D eigenvalue weighted by molar-refractivity contribution is 5.92. The number of benzene rings is 1. The molecule has 1 aromatic carbocycles. The number of nitrogens with zero attached hydrogens (tertiary/aromatic N) is 3. The summed E-state index contributed by atoms with van der Waals surface area (Å²) >= 11 is 0. The normalized spacial score (nSPS) is 18.6. The van der Waals surface area contributed by atoms with Gasteiger partial charge in [0, 0.05) is 29.7 Å². The third-order valence-corrected chi connectivity index (χ3v) is 6.18. The van der Waals surface area contributed by atoms with Gasteiger partial charge in [-0.2, -0.15) is 5.10 Å². The Morgan fingerprint density at radius 2 is 2.00 bits per heavy atom. The number of carbonyl (C=O) groups excluding carboxylic acids is 1. The Morgan fingerprint density at radius 3 is 2.79 bits per heavy atom. The van der Waals surface area contributed by atoms with Crippen molar-refractivity contribution in [1.29, 1.82) is 0 Å². The Kier molecular flexibility index (Phi) is 3.90. The van der Waals surface area contributed by atoms with Gasteiger partial charge in [-0.1, -0.05) is 30.0 Å². The van der Waals surface area contributed by atoms with Gasteiger partial charge < -0.3 is 5.73 Å². The Morgan fingerprint density at radius 1 is 1.18 bits per heavy atom. The third-order valence-electron chi connectivity index (χ3n) is 6.18. The molecule has 2 fully saturated rings. The molecule has 6 nitrogen and oxygen atoms in total. The standard InChI is InChI=1S/C22H21N5O/c23-21-15(5-4-14-6-8-22(9-7-14)11-17(28)12-22)10-19(25-27-21)18-3-1-2-16-13-24-26-20(16)18/h1-3,10,13-14H,6-9,11-12H2,(H2,23,27)(H,24,26). The Balaban J connectivity index is 1.38. The summed E-state index contributed by atoms with van der Waals surface area (Å²) in [5.41, 5.74) is 9.61. The summed E-state index contributed by atoms with van der Waals surface area (Å²) in [6.45, 7) is 0. The van der Waals surface area contributed by atoms with Gasteiger partial charge in [-0.25, -0.2) is 0 Å². The molecular formula is C22H21N5O. The molecule has 2 aliphatic rings. The zero-order valence-corrected chi connectivity index (χ0v) is 15.5. The summed E-state index contributed by atoms with van der Waals surface area (Å²) in [6, 6.07) is 7.86. The lowest BCUT2D eigenvalue weighted by atomic mass is 9.58. The van der Waals surface area contributed by atoms with Crippen molar-refractivity contribution in [1.82, 2.24) is 20.4 Å². The van der Waals surface area contributed by atoms with Crippen LogP contribution in [0.4, 0.5) is 5.82 Å². The number of rotatable bonds is 1. The van der Waals surface area contributed by atoms with Crippen molar-refractivity contribution in [3.8, 4) is 23.1 Å². The maximum atomic E-state index is 11.4. The van der Waals surface area contributed by atoms with E-state index in [1.165, 1.54) is 0 Å². The second kappa shape index (κ2) is 6.45. The molecule has 3 N–H and O–H groups in total.